The van der Waals surface area contributed by atoms with Crippen molar-refractivity contribution in [3.63, 3.8) is 0 Å². The fourth-order valence-electron chi connectivity index (χ4n) is 0.487. The molecule has 42 valence electrons. The van der Waals surface area contributed by atoms with Crippen molar-refractivity contribution in [1.29, 1.82) is 0 Å². The van der Waals surface area contributed by atoms with Crippen LogP contribution in [0.5, 0.6) is 0 Å². The third kappa shape index (κ3) is 0.980. The molecule has 1 aliphatic heterocycles. The number of hydrogen-bond donors (Lipinski definition) is 1. The van der Waals surface area contributed by atoms with Gasteiger partial charge in [0.15, 0.2) is 0 Å². The van der Waals surface area contributed by atoms with Crippen LogP contribution in [-0.4, -0.2) is 11.3 Å². The molecule has 0 aromatic heterocycles. The Labute approximate surface area is 52.9 Å². The number of nitrogens with zero attached hydrogens (tertiary/aromatic N) is 1. The Hall–Kier alpha value is -0.570. The highest BCUT2D eigenvalue weighted by Gasteiger charge is 2.11. The minimum Gasteiger partial charge on any atom is -0.0700 e. The summed E-state index contributed by atoms with van der Waals surface area (Å²) in [6.45, 7) is 0.426. The first-order valence-corrected chi connectivity index (χ1v) is 2.76. The molecule has 0 aromatic rings. The number of thiol groups is 1. The van der Waals surface area contributed by atoms with Gasteiger partial charge in [-0.1, -0.05) is 18.7 Å². The standard InChI is InChI=1S/C5H5NOS/c7-6-4-2-1-3-5(6)8/h1-3H,4H2/p+1. The quantitative estimate of drug-likeness (QED) is 0.382. The average molecular weight is 128 g/mol. The summed E-state index contributed by atoms with van der Waals surface area (Å²) in [7, 11) is 0. The highest BCUT2D eigenvalue weighted by Crippen LogP contribution is 2.05. The molecule has 1 heterocycles. The molecule has 0 atom stereocenters. The molecule has 0 aliphatic carbocycles. The Balaban J connectivity index is 2.80. The summed E-state index contributed by atoms with van der Waals surface area (Å²) >= 11 is 3.88. The summed E-state index contributed by atoms with van der Waals surface area (Å²) < 4.78 is 0.823. The van der Waals surface area contributed by atoms with Crippen LogP contribution >= 0.6 is 12.6 Å². The molecule has 1 rings (SSSR count). The van der Waals surface area contributed by atoms with Gasteiger partial charge in [-0.15, -0.1) is 0 Å². The molecule has 0 unspecified atom stereocenters. The summed E-state index contributed by atoms with van der Waals surface area (Å²) in [6, 6.07) is 0. The minimum atomic E-state index is 0.426. The Morgan fingerprint density at radius 1 is 1.75 bits per heavy atom. The van der Waals surface area contributed by atoms with E-state index in [0.29, 0.717) is 11.6 Å². The molecule has 1 aliphatic rings. The molecule has 2 nitrogen and oxygen atoms in total. The van der Waals surface area contributed by atoms with Gasteiger partial charge in [0.05, 0.1) is 0 Å². The molecule has 0 bridgehead atoms. The van der Waals surface area contributed by atoms with Crippen molar-refractivity contribution in [3.05, 3.63) is 28.2 Å². The van der Waals surface area contributed by atoms with Crippen LogP contribution in [0.1, 0.15) is 0 Å². The second kappa shape index (κ2) is 2.13. The topological polar surface area (TPSA) is 20.1 Å². The second-order valence-corrected chi connectivity index (χ2v) is 1.97. The van der Waals surface area contributed by atoms with E-state index in [-0.39, 0.29) is 0 Å². The first-order valence-electron chi connectivity index (χ1n) is 2.31. The predicted molar refractivity (Wildman–Crippen MR) is 34.7 cm³/mol. The van der Waals surface area contributed by atoms with Crippen LogP contribution in [0.15, 0.2) is 23.3 Å². The largest absolute Gasteiger partial charge is 0.287 e. The number of hydrogen-bond acceptors (Lipinski definition) is 2. The molecule has 8 heavy (non-hydrogen) atoms. The van der Waals surface area contributed by atoms with Crippen LogP contribution in [0, 0.1) is 4.91 Å². The van der Waals surface area contributed by atoms with E-state index in [1.54, 1.807) is 12.2 Å². The van der Waals surface area contributed by atoms with Gasteiger partial charge in [-0.25, -0.2) is 0 Å². The molecule has 0 spiro atoms. The van der Waals surface area contributed by atoms with Crippen LogP contribution < -0.4 is 0 Å². The highest BCUT2D eigenvalue weighted by atomic mass is 32.1. The van der Waals surface area contributed by atoms with Crippen molar-refractivity contribution < 1.29 is 4.76 Å². The highest BCUT2D eigenvalue weighted by molar-refractivity contribution is 7.84. The smallest absolute Gasteiger partial charge is 0.0700 e. The van der Waals surface area contributed by atoms with Crippen molar-refractivity contribution in [1.82, 2.24) is 0 Å². The Bertz CT molecular complexity index is 171. The molecule has 0 aromatic carbocycles. The predicted octanol–water partition coefficient (Wildman–Crippen LogP) is 1.11. The summed E-state index contributed by atoms with van der Waals surface area (Å²) in [4.78, 5) is 10.5. The van der Waals surface area contributed by atoms with Crippen LogP contribution in [0.25, 0.3) is 0 Å². The van der Waals surface area contributed by atoms with E-state index in [0.717, 1.165) is 4.76 Å². The van der Waals surface area contributed by atoms with E-state index in [1.165, 1.54) is 0 Å². The molecular formula is C5H6NOS+. The molecule has 3 heteroatoms. The Morgan fingerprint density at radius 2 is 2.50 bits per heavy atom. The van der Waals surface area contributed by atoms with E-state index >= 15 is 0 Å². The number of rotatable bonds is 0. The number of nitroso groups, excluding NO2 is 1. The van der Waals surface area contributed by atoms with E-state index in [2.05, 4.69) is 12.6 Å². The van der Waals surface area contributed by atoms with E-state index in [9.17, 15) is 4.91 Å². The maximum atomic E-state index is 10.5. The molecule has 0 radical (unpaired) electrons. The van der Waals surface area contributed by atoms with Crippen LogP contribution in [0.4, 0.5) is 0 Å². The van der Waals surface area contributed by atoms with Crippen molar-refractivity contribution >= 4 is 12.6 Å². The van der Waals surface area contributed by atoms with Gasteiger partial charge in [0.1, 0.15) is 0 Å². The van der Waals surface area contributed by atoms with Crippen molar-refractivity contribution in [2.45, 2.75) is 0 Å². The van der Waals surface area contributed by atoms with E-state index in [1.807, 2.05) is 6.08 Å². The normalized spacial score (nSPS) is 18.6. The fourth-order valence-corrected chi connectivity index (χ4v) is 0.655. The lowest BCUT2D eigenvalue weighted by Gasteiger charge is -1.89. The van der Waals surface area contributed by atoms with E-state index in [4.69, 9.17) is 0 Å². The molecule has 0 N–H and O–H groups in total. The van der Waals surface area contributed by atoms with Crippen molar-refractivity contribution in [2.24, 2.45) is 0 Å². The van der Waals surface area contributed by atoms with E-state index < -0.39 is 0 Å². The van der Waals surface area contributed by atoms with Crippen LogP contribution in [-0.2, 0) is 0 Å². The fraction of sp³-hybridized carbons (Fsp3) is 0.200. The average Bonchev–Trinajstić information content (AvgIpc) is 1.77. The number of allylic oxidation sites excluding steroid dienone is 2. The van der Waals surface area contributed by atoms with Gasteiger partial charge < -0.3 is 0 Å². The zero-order chi connectivity index (χ0) is 5.98. The molecule has 0 saturated heterocycles. The first kappa shape index (κ1) is 5.56. The summed E-state index contributed by atoms with van der Waals surface area (Å²) in [6.07, 6.45) is 5.27. The first-order chi connectivity index (χ1) is 3.80. The Kier molecular flexibility index (Phi) is 1.48. The monoisotopic (exact) mass is 128 g/mol. The van der Waals surface area contributed by atoms with Gasteiger partial charge in [-0.2, -0.15) is 0 Å². The zero-order valence-electron chi connectivity index (χ0n) is 4.24. The third-order valence-corrected chi connectivity index (χ3v) is 1.28. The van der Waals surface area contributed by atoms with Crippen molar-refractivity contribution in [2.75, 3.05) is 6.54 Å². The third-order valence-electron chi connectivity index (χ3n) is 0.908. The molecular weight excluding hydrogens is 122 g/mol. The van der Waals surface area contributed by atoms with Gasteiger partial charge in [0.2, 0.25) is 6.54 Å². The SMILES string of the molecule is O=[N+]1CC=CC=C1S. The zero-order valence-corrected chi connectivity index (χ0v) is 5.14. The second-order valence-electron chi connectivity index (χ2n) is 1.51. The molecule has 0 saturated carbocycles. The Morgan fingerprint density at radius 3 is 2.88 bits per heavy atom. The maximum Gasteiger partial charge on any atom is 0.287 e. The maximum absolute atomic E-state index is 10.5. The molecule has 0 fully saturated rings. The van der Waals surface area contributed by atoms with Gasteiger partial charge in [-0.3, -0.25) is 0 Å². The minimum absolute atomic E-state index is 0.426. The van der Waals surface area contributed by atoms with Gasteiger partial charge in [-0.05, 0) is 6.08 Å². The van der Waals surface area contributed by atoms with Gasteiger partial charge >= 0.3 is 0 Å². The van der Waals surface area contributed by atoms with Gasteiger partial charge in [0.25, 0.3) is 5.03 Å². The molecule has 0 amide bonds. The van der Waals surface area contributed by atoms with Crippen LogP contribution in [0.3, 0.4) is 0 Å². The summed E-state index contributed by atoms with van der Waals surface area (Å²) in [5.41, 5.74) is 0. The lowest BCUT2D eigenvalue weighted by molar-refractivity contribution is -0.476. The van der Waals surface area contributed by atoms with Crippen molar-refractivity contribution in [3.8, 4) is 0 Å². The summed E-state index contributed by atoms with van der Waals surface area (Å²) in [5.74, 6) is 0. The van der Waals surface area contributed by atoms with Crippen LogP contribution in [0.2, 0.25) is 0 Å². The lowest BCUT2D eigenvalue weighted by atomic mass is 10.4. The summed E-state index contributed by atoms with van der Waals surface area (Å²) in [5, 5.41) is 0.479. The van der Waals surface area contributed by atoms with Gasteiger partial charge in [0, 0.05) is 15.7 Å². The lowest BCUT2D eigenvalue weighted by Crippen LogP contribution is -2.05.